The minimum atomic E-state index is 0.328. The molecular formula is C13H17N3O. The molecule has 1 aromatic carbocycles. The van der Waals surface area contributed by atoms with Crippen LogP contribution in [0, 0.1) is 6.92 Å². The summed E-state index contributed by atoms with van der Waals surface area (Å²) in [5.41, 5.74) is 2.57. The number of hydrogen-bond donors (Lipinski definition) is 1. The van der Waals surface area contributed by atoms with Crippen molar-refractivity contribution in [3.8, 4) is 0 Å². The van der Waals surface area contributed by atoms with E-state index in [1.807, 2.05) is 0 Å². The first-order valence-corrected chi connectivity index (χ1v) is 5.84. The molecule has 0 radical (unpaired) electrons. The first-order valence-electron chi connectivity index (χ1n) is 5.84. The third-order valence-electron chi connectivity index (χ3n) is 2.80. The lowest BCUT2D eigenvalue weighted by molar-refractivity contribution is 0.403. The van der Waals surface area contributed by atoms with Gasteiger partial charge in [-0.2, -0.15) is 4.98 Å². The molecule has 0 aliphatic heterocycles. The van der Waals surface area contributed by atoms with Crippen LogP contribution in [0.25, 0.3) is 0 Å². The van der Waals surface area contributed by atoms with Crippen molar-refractivity contribution >= 4 is 0 Å². The molecule has 2 aromatic rings. The van der Waals surface area contributed by atoms with Gasteiger partial charge in [-0.15, -0.1) is 0 Å². The molecular weight excluding hydrogens is 214 g/mol. The van der Waals surface area contributed by atoms with E-state index in [2.05, 4.69) is 53.6 Å². The van der Waals surface area contributed by atoms with E-state index in [0.29, 0.717) is 18.4 Å². The lowest BCUT2D eigenvalue weighted by Gasteiger charge is -2.16. The molecule has 4 nitrogen and oxygen atoms in total. The van der Waals surface area contributed by atoms with Crippen LogP contribution in [0.3, 0.4) is 0 Å². The van der Waals surface area contributed by atoms with Crippen molar-refractivity contribution < 1.29 is 4.52 Å². The Bertz CT molecular complexity index is 436. The van der Waals surface area contributed by atoms with Crippen LogP contribution >= 0.6 is 0 Å². The number of aryl methyl sites for hydroxylation is 1. The minimum absolute atomic E-state index is 0.328. The monoisotopic (exact) mass is 231 g/mol. The molecule has 0 fully saturated rings. The normalized spacial score (nSPS) is 12.6. The molecule has 0 saturated heterocycles. The Morgan fingerprint density at radius 1 is 1.29 bits per heavy atom. The van der Waals surface area contributed by atoms with Gasteiger partial charge in [0.2, 0.25) is 6.39 Å². The summed E-state index contributed by atoms with van der Waals surface area (Å²) in [4.78, 5) is 3.99. The highest BCUT2D eigenvalue weighted by Crippen LogP contribution is 2.17. The molecule has 1 heterocycles. The maximum Gasteiger partial charge on any atom is 0.213 e. The van der Waals surface area contributed by atoms with Crippen LogP contribution in [0.4, 0.5) is 0 Å². The fourth-order valence-corrected chi connectivity index (χ4v) is 1.78. The summed E-state index contributed by atoms with van der Waals surface area (Å²) < 4.78 is 4.70. The lowest BCUT2D eigenvalue weighted by Crippen LogP contribution is -2.20. The molecule has 90 valence electrons. The second kappa shape index (κ2) is 5.59. The second-order valence-electron chi connectivity index (χ2n) is 4.10. The van der Waals surface area contributed by atoms with E-state index in [-0.39, 0.29) is 0 Å². The van der Waals surface area contributed by atoms with Crippen LogP contribution in [0.15, 0.2) is 35.2 Å². The summed E-state index contributed by atoms with van der Waals surface area (Å²) >= 11 is 0. The van der Waals surface area contributed by atoms with Gasteiger partial charge in [-0.05, 0) is 18.9 Å². The molecule has 0 bridgehead atoms. The third kappa shape index (κ3) is 3.14. The Labute approximate surface area is 101 Å². The summed E-state index contributed by atoms with van der Waals surface area (Å²) in [6.07, 6.45) is 2.38. The number of nitrogens with zero attached hydrogens (tertiary/aromatic N) is 2. The Morgan fingerprint density at radius 3 is 2.65 bits per heavy atom. The predicted molar refractivity (Wildman–Crippen MR) is 65.3 cm³/mol. The van der Waals surface area contributed by atoms with Gasteiger partial charge in [-0.3, -0.25) is 0 Å². The molecule has 1 atom stereocenters. The molecule has 1 N–H and O–H groups in total. The maximum absolute atomic E-state index is 4.70. The highest BCUT2D eigenvalue weighted by Gasteiger charge is 2.09. The number of aromatic nitrogens is 2. The molecule has 0 amide bonds. The predicted octanol–water partition coefficient (Wildman–Crippen LogP) is 2.62. The first kappa shape index (κ1) is 11.8. The second-order valence-corrected chi connectivity index (χ2v) is 4.10. The van der Waals surface area contributed by atoms with Gasteiger partial charge in [-0.1, -0.05) is 41.9 Å². The molecule has 1 aromatic heterocycles. The summed E-state index contributed by atoms with van der Waals surface area (Å²) in [5.74, 6) is 0.690. The molecule has 0 spiro atoms. The Morgan fingerprint density at radius 2 is 2.06 bits per heavy atom. The van der Waals surface area contributed by atoms with Crippen molar-refractivity contribution in [2.75, 3.05) is 0 Å². The van der Waals surface area contributed by atoms with Crippen molar-refractivity contribution in [3.63, 3.8) is 0 Å². The Balaban J connectivity index is 1.99. The highest BCUT2D eigenvalue weighted by molar-refractivity contribution is 5.24. The van der Waals surface area contributed by atoms with Crippen molar-refractivity contribution in [1.82, 2.24) is 15.5 Å². The smallest absolute Gasteiger partial charge is 0.213 e. The van der Waals surface area contributed by atoms with E-state index < -0.39 is 0 Å². The minimum Gasteiger partial charge on any atom is -0.343 e. The van der Waals surface area contributed by atoms with Gasteiger partial charge < -0.3 is 9.84 Å². The van der Waals surface area contributed by atoms with Crippen LogP contribution in [-0.2, 0) is 6.54 Å². The topological polar surface area (TPSA) is 51.0 Å². The zero-order valence-corrected chi connectivity index (χ0v) is 10.2. The van der Waals surface area contributed by atoms with Crippen molar-refractivity contribution in [3.05, 3.63) is 47.6 Å². The summed E-state index contributed by atoms with van der Waals surface area (Å²) in [6, 6.07) is 8.91. The zero-order chi connectivity index (χ0) is 12.1. The van der Waals surface area contributed by atoms with Gasteiger partial charge in [0.05, 0.1) is 6.54 Å². The van der Waals surface area contributed by atoms with Crippen LogP contribution < -0.4 is 5.32 Å². The molecule has 2 rings (SSSR count). The fourth-order valence-electron chi connectivity index (χ4n) is 1.78. The quantitative estimate of drug-likeness (QED) is 0.859. The Hall–Kier alpha value is -1.68. The molecule has 0 aliphatic rings. The third-order valence-corrected chi connectivity index (χ3v) is 2.80. The van der Waals surface area contributed by atoms with E-state index in [9.17, 15) is 0 Å². The van der Waals surface area contributed by atoms with Crippen molar-refractivity contribution in [2.24, 2.45) is 0 Å². The average Bonchev–Trinajstić information content (AvgIpc) is 2.85. The van der Waals surface area contributed by atoms with Gasteiger partial charge in [0.15, 0.2) is 5.82 Å². The largest absolute Gasteiger partial charge is 0.343 e. The highest BCUT2D eigenvalue weighted by atomic mass is 16.5. The number of rotatable bonds is 5. The number of hydrogen-bond acceptors (Lipinski definition) is 4. The lowest BCUT2D eigenvalue weighted by atomic mass is 10.0. The summed E-state index contributed by atoms with van der Waals surface area (Å²) in [5, 5.41) is 7.20. The Kier molecular flexibility index (Phi) is 3.88. The molecule has 17 heavy (non-hydrogen) atoms. The average molecular weight is 231 g/mol. The van der Waals surface area contributed by atoms with Crippen LogP contribution in [0.1, 0.15) is 36.3 Å². The van der Waals surface area contributed by atoms with Crippen LogP contribution in [0.5, 0.6) is 0 Å². The van der Waals surface area contributed by atoms with Gasteiger partial charge >= 0.3 is 0 Å². The van der Waals surface area contributed by atoms with Crippen LogP contribution in [-0.4, -0.2) is 10.1 Å². The van der Waals surface area contributed by atoms with E-state index in [4.69, 9.17) is 4.52 Å². The maximum atomic E-state index is 4.70. The summed E-state index contributed by atoms with van der Waals surface area (Å²) in [7, 11) is 0. The standard InChI is InChI=1S/C13H17N3O/c1-3-12(11-6-4-10(2)5-7-11)14-8-13-15-9-17-16-13/h4-7,9,12,14H,3,8H2,1-2H3. The molecule has 4 heteroatoms. The zero-order valence-electron chi connectivity index (χ0n) is 10.2. The molecule has 0 saturated carbocycles. The van der Waals surface area contributed by atoms with E-state index in [1.165, 1.54) is 17.5 Å². The van der Waals surface area contributed by atoms with E-state index in [0.717, 1.165) is 6.42 Å². The van der Waals surface area contributed by atoms with Crippen molar-refractivity contribution in [2.45, 2.75) is 32.9 Å². The van der Waals surface area contributed by atoms with E-state index in [1.54, 1.807) is 0 Å². The SMILES string of the molecule is CCC(NCc1ncon1)c1ccc(C)cc1. The van der Waals surface area contributed by atoms with E-state index >= 15 is 0 Å². The fraction of sp³-hybridized carbons (Fsp3) is 0.385. The number of nitrogens with one attached hydrogen (secondary N) is 1. The molecule has 0 aliphatic carbocycles. The van der Waals surface area contributed by atoms with Gasteiger partial charge in [0, 0.05) is 6.04 Å². The van der Waals surface area contributed by atoms with Crippen molar-refractivity contribution in [1.29, 1.82) is 0 Å². The van der Waals surface area contributed by atoms with Crippen LogP contribution in [0.2, 0.25) is 0 Å². The molecule has 1 unspecified atom stereocenters. The van der Waals surface area contributed by atoms with Gasteiger partial charge in [-0.25, -0.2) is 0 Å². The van der Waals surface area contributed by atoms with Gasteiger partial charge in [0.25, 0.3) is 0 Å². The number of benzene rings is 1. The van der Waals surface area contributed by atoms with Gasteiger partial charge in [0.1, 0.15) is 0 Å². The summed E-state index contributed by atoms with van der Waals surface area (Å²) in [6.45, 7) is 4.88. The first-order chi connectivity index (χ1) is 8.29.